The van der Waals surface area contributed by atoms with Gasteiger partial charge in [-0.15, -0.1) is 0 Å². The molecule has 136 valence electrons. The number of ether oxygens (including phenoxy) is 2. The van der Waals surface area contributed by atoms with Crippen molar-refractivity contribution in [1.82, 2.24) is 5.32 Å². The Kier molecular flexibility index (Phi) is 6.73. The highest BCUT2D eigenvalue weighted by Gasteiger charge is 2.24. The van der Waals surface area contributed by atoms with Gasteiger partial charge in [0.1, 0.15) is 6.61 Å². The molecule has 2 amide bonds. The van der Waals surface area contributed by atoms with Gasteiger partial charge in [0, 0.05) is 12.6 Å². The molecule has 0 saturated heterocycles. The molecule has 0 heterocycles. The predicted octanol–water partition coefficient (Wildman–Crippen LogP) is 2.79. The minimum absolute atomic E-state index is 0.0759. The SMILES string of the molecule is COC(=O)[C@@H](NC(=O)OCc1ccccc1)c1cccc(NC(C)=O)c1. The van der Waals surface area contributed by atoms with E-state index < -0.39 is 18.1 Å². The summed E-state index contributed by atoms with van der Waals surface area (Å²) in [5, 5.41) is 5.11. The first-order valence-corrected chi connectivity index (χ1v) is 7.92. The molecule has 2 N–H and O–H groups in total. The van der Waals surface area contributed by atoms with Crippen LogP contribution in [0.5, 0.6) is 0 Å². The predicted molar refractivity (Wildman–Crippen MR) is 95.3 cm³/mol. The Balaban J connectivity index is 2.08. The number of esters is 1. The van der Waals surface area contributed by atoms with E-state index in [2.05, 4.69) is 10.6 Å². The minimum atomic E-state index is -1.06. The van der Waals surface area contributed by atoms with Crippen molar-refractivity contribution in [2.24, 2.45) is 0 Å². The fraction of sp³-hybridized carbons (Fsp3) is 0.211. The number of nitrogens with one attached hydrogen (secondary N) is 2. The summed E-state index contributed by atoms with van der Waals surface area (Å²) in [6.45, 7) is 1.45. The summed E-state index contributed by atoms with van der Waals surface area (Å²) < 4.78 is 9.90. The highest BCUT2D eigenvalue weighted by molar-refractivity contribution is 5.89. The van der Waals surface area contributed by atoms with Crippen LogP contribution in [0.15, 0.2) is 54.6 Å². The average Bonchev–Trinajstić information content (AvgIpc) is 2.64. The zero-order chi connectivity index (χ0) is 18.9. The zero-order valence-corrected chi connectivity index (χ0v) is 14.5. The Morgan fingerprint density at radius 3 is 2.42 bits per heavy atom. The first-order chi connectivity index (χ1) is 12.5. The van der Waals surface area contributed by atoms with Crippen molar-refractivity contribution in [2.45, 2.75) is 19.6 Å². The molecule has 26 heavy (non-hydrogen) atoms. The van der Waals surface area contributed by atoms with E-state index in [0.29, 0.717) is 11.3 Å². The van der Waals surface area contributed by atoms with Crippen molar-refractivity contribution in [2.75, 3.05) is 12.4 Å². The van der Waals surface area contributed by atoms with Gasteiger partial charge < -0.3 is 20.1 Å². The van der Waals surface area contributed by atoms with Crippen LogP contribution in [0.25, 0.3) is 0 Å². The normalized spacial score (nSPS) is 11.2. The number of hydrogen-bond donors (Lipinski definition) is 2. The van der Waals surface area contributed by atoms with Gasteiger partial charge in [-0.2, -0.15) is 0 Å². The number of alkyl carbamates (subject to hydrolysis) is 1. The Morgan fingerprint density at radius 1 is 1.04 bits per heavy atom. The maximum Gasteiger partial charge on any atom is 0.408 e. The van der Waals surface area contributed by atoms with E-state index in [9.17, 15) is 14.4 Å². The Bertz CT molecular complexity index is 777. The van der Waals surface area contributed by atoms with Crippen LogP contribution in [-0.4, -0.2) is 25.1 Å². The van der Waals surface area contributed by atoms with Crippen LogP contribution in [0.1, 0.15) is 24.1 Å². The number of rotatable bonds is 6. The van der Waals surface area contributed by atoms with Crippen LogP contribution in [0.3, 0.4) is 0 Å². The van der Waals surface area contributed by atoms with Crippen molar-refractivity contribution >= 4 is 23.7 Å². The van der Waals surface area contributed by atoms with Gasteiger partial charge in [-0.3, -0.25) is 4.79 Å². The fourth-order valence-corrected chi connectivity index (χ4v) is 2.28. The number of carbonyl (C=O) groups is 3. The Labute approximate surface area is 151 Å². The van der Waals surface area contributed by atoms with Gasteiger partial charge >= 0.3 is 12.1 Å². The third-order valence-electron chi connectivity index (χ3n) is 3.45. The van der Waals surface area contributed by atoms with E-state index in [1.54, 1.807) is 24.3 Å². The molecular weight excluding hydrogens is 336 g/mol. The number of hydrogen-bond acceptors (Lipinski definition) is 5. The maximum absolute atomic E-state index is 12.1. The quantitative estimate of drug-likeness (QED) is 0.776. The molecule has 7 heteroatoms. The summed E-state index contributed by atoms with van der Waals surface area (Å²) in [5.41, 5.74) is 1.79. The number of amides is 2. The van der Waals surface area contributed by atoms with E-state index >= 15 is 0 Å². The van der Waals surface area contributed by atoms with Crippen LogP contribution in [0.2, 0.25) is 0 Å². The largest absolute Gasteiger partial charge is 0.467 e. The van der Waals surface area contributed by atoms with E-state index in [1.165, 1.54) is 14.0 Å². The van der Waals surface area contributed by atoms with Crippen molar-refractivity contribution in [1.29, 1.82) is 0 Å². The molecule has 0 radical (unpaired) electrons. The van der Waals surface area contributed by atoms with Gasteiger partial charge in [0.15, 0.2) is 6.04 Å². The van der Waals surface area contributed by atoms with Crippen molar-refractivity contribution in [3.63, 3.8) is 0 Å². The minimum Gasteiger partial charge on any atom is -0.467 e. The monoisotopic (exact) mass is 356 g/mol. The topological polar surface area (TPSA) is 93.7 Å². The molecule has 7 nitrogen and oxygen atoms in total. The number of carbonyl (C=O) groups excluding carboxylic acids is 3. The number of benzene rings is 2. The molecule has 0 spiro atoms. The van der Waals surface area contributed by atoms with Crippen molar-refractivity contribution in [3.8, 4) is 0 Å². The molecule has 0 bridgehead atoms. The van der Waals surface area contributed by atoms with Gasteiger partial charge in [0.2, 0.25) is 5.91 Å². The summed E-state index contributed by atoms with van der Waals surface area (Å²) in [7, 11) is 1.23. The van der Waals surface area contributed by atoms with E-state index in [-0.39, 0.29) is 12.5 Å². The molecule has 0 aromatic heterocycles. The summed E-state index contributed by atoms with van der Waals surface area (Å²) in [5.74, 6) is -0.895. The van der Waals surface area contributed by atoms with Gasteiger partial charge in [-0.05, 0) is 23.3 Å². The molecule has 0 unspecified atom stereocenters. The molecular formula is C19H20N2O5. The second-order valence-corrected chi connectivity index (χ2v) is 5.47. The van der Waals surface area contributed by atoms with Gasteiger partial charge in [0.05, 0.1) is 7.11 Å². The molecule has 0 saturated carbocycles. The lowest BCUT2D eigenvalue weighted by atomic mass is 10.1. The average molecular weight is 356 g/mol. The summed E-state index contributed by atoms with van der Waals surface area (Å²) >= 11 is 0. The van der Waals surface area contributed by atoms with Crippen LogP contribution in [-0.2, 0) is 25.7 Å². The molecule has 2 rings (SSSR count). The van der Waals surface area contributed by atoms with Crippen LogP contribution < -0.4 is 10.6 Å². The van der Waals surface area contributed by atoms with E-state index in [1.807, 2.05) is 30.3 Å². The molecule has 0 aliphatic heterocycles. The fourth-order valence-electron chi connectivity index (χ4n) is 2.28. The van der Waals surface area contributed by atoms with Crippen LogP contribution in [0, 0.1) is 0 Å². The number of anilines is 1. The maximum atomic E-state index is 12.1. The Morgan fingerprint density at radius 2 is 1.77 bits per heavy atom. The van der Waals surface area contributed by atoms with Gasteiger partial charge in [0.25, 0.3) is 0 Å². The lowest BCUT2D eigenvalue weighted by molar-refractivity contribution is -0.143. The second kappa shape index (κ2) is 9.22. The van der Waals surface area contributed by atoms with Gasteiger partial charge in [-0.25, -0.2) is 9.59 Å². The van der Waals surface area contributed by atoms with Crippen molar-refractivity contribution in [3.05, 3.63) is 65.7 Å². The zero-order valence-electron chi connectivity index (χ0n) is 14.5. The first kappa shape index (κ1) is 19.0. The second-order valence-electron chi connectivity index (χ2n) is 5.47. The standard InChI is InChI=1S/C19H20N2O5/c1-13(22)20-16-10-6-9-15(11-16)17(18(23)25-2)21-19(24)26-12-14-7-4-3-5-8-14/h3-11,17H,12H2,1-2H3,(H,20,22)(H,21,24)/t17-/m0/s1. The lowest BCUT2D eigenvalue weighted by Crippen LogP contribution is -2.35. The highest BCUT2D eigenvalue weighted by atomic mass is 16.6. The molecule has 2 aromatic rings. The van der Waals surface area contributed by atoms with Crippen LogP contribution in [0.4, 0.5) is 10.5 Å². The molecule has 2 aromatic carbocycles. The van der Waals surface area contributed by atoms with E-state index in [4.69, 9.17) is 9.47 Å². The summed E-state index contributed by atoms with van der Waals surface area (Å²) in [4.78, 5) is 35.3. The van der Waals surface area contributed by atoms with Gasteiger partial charge in [-0.1, -0.05) is 42.5 Å². The third kappa shape index (κ3) is 5.62. The molecule has 1 atom stereocenters. The highest BCUT2D eigenvalue weighted by Crippen LogP contribution is 2.19. The molecule has 0 aliphatic carbocycles. The first-order valence-electron chi connectivity index (χ1n) is 7.92. The lowest BCUT2D eigenvalue weighted by Gasteiger charge is -2.17. The summed E-state index contributed by atoms with van der Waals surface area (Å²) in [6.07, 6.45) is -0.755. The van der Waals surface area contributed by atoms with Crippen LogP contribution >= 0.6 is 0 Å². The summed E-state index contributed by atoms with van der Waals surface area (Å²) in [6, 6.07) is 14.7. The van der Waals surface area contributed by atoms with Crippen molar-refractivity contribution < 1.29 is 23.9 Å². The molecule has 0 fully saturated rings. The smallest absolute Gasteiger partial charge is 0.408 e. The molecule has 0 aliphatic rings. The van der Waals surface area contributed by atoms with E-state index in [0.717, 1.165) is 5.56 Å². The number of methoxy groups -OCH3 is 1. The Hall–Kier alpha value is -3.35. The third-order valence-corrected chi connectivity index (χ3v) is 3.45.